The molecule has 1 aromatic rings. The Morgan fingerprint density at radius 3 is 2.17 bits per heavy atom. The lowest BCUT2D eigenvalue weighted by Gasteiger charge is -2.53. The second kappa shape index (κ2) is 22.8. The van der Waals surface area contributed by atoms with Gasteiger partial charge in [-0.3, -0.25) is 9.10 Å². The number of carbonyl (C=O) groups excluding carboxylic acids is 1. The number of nitrogens with zero attached hydrogens (tertiary/aromatic N) is 2. The minimum atomic E-state index is -4.19. The van der Waals surface area contributed by atoms with Crippen LogP contribution in [0.15, 0.2) is 30.3 Å². The number of para-hydroxylation sites is 1. The van der Waals surface area contributed by atoms with E-state index >= 15 is 0 Å². The lowest BCUT2D eigenvalue weighted by atomic mass is 9.75. The number of nitrogens with one attached hydrogen (secondary N) is 2. The van der Waals surface area contributed by atoms with Gasteiger partial charge in [-0.25, -0.2) is 0 Å². The molecule has 10 unspecified atom stereocenters. The van der Waals surface area contributed by atoms with Crippen LogP contribution < -0.4 is 14.9 Å². The smallest absolute Gasteiger partial charge is 0.311 e. The quantitative estimate of drug-likeness (QED) is 0.105. The van der Waals surface area contributed by atoms with Crippen molar-refractivity contribution >= 4 is 21.9 Å². The van der Waals surface area contributed by atoms with Crippen LogP contribution in [0, 0.1) is 17.8 Å². The van der Waals surface area contributed by atoms with Crippen LogP contribution in [0.5, 0.6) is 0 Å². The Bertz CT molecular complexity index is 1800. The Morgan fingerprint density at radius 2 is 1.58 bits per heavy atom. The van der Waals surface area contributed by atoms with E-state index in [4.69, 9.17) is 28.4 Å². The van der Waals surface area contributed by atoms with Gasteiger partial charge in [0.05, 0.1) is 47.7 Å². The third kappa shape index (κ3) is 12.3. The summed E-state index contributed by atoms with van der Waals surface area (Å²) in [6, 6.07) is 6.87. The lowest BCUT2D eigenvalue weighted by Crippen LogP contribution is -2.70. The number of likely N-dealkylation sites (N-methyl/N-ethyl adjacent to an activating group) is 1. The Hall–Kier alpha value is -2.08. The zero-order valence-electron chi connectivity index (χ0n) is 41.8. The first-order valence-electron chi connectivity index (χ1n) is 23.7. The van der Waals surface area contributed by atoms with E-state index in [1.54, 1.807) is 85.7 Å². The molecule has 19 heteroatoms. The largest absolute Gasteiger partial charge is 0.459 e. The summed E-state index contributed by atoms with van der Waals surface area (Å²) in [4.78, 5) is 14.5. The molecule has 18 nitrogen and oxygen atoms in total. The minimum absolute atomic E-state index is 0.0199. The van der Waals surface area contributed by atoms with Gasteiger partial charge in [0.25, 0.3) is 0 Å². The van der Waals surface area contributed by atoms with E-state index in [2.05, 4.69) is 10.6 Å². The summed E-state index contributed by atoms with van der Waals surface area (Å²) < 4.78 is 68.9. The van der Waals surface area contributed by atoms with Crippen LogP contribution in [-0.2, 0) is 43.4 Å². The van der Waals surface area contributed by atoms with Crippen LogP contribution in [0.25, 0.3) is 0 Å². The molecule has 0 aliphatic carbocycles. The number of aliphatic hydroxyl groups is 5. The highest BCUT2D eigenvalue weighted by Crippen LogP contribution is 2.43. The molecule has 3 saturated heterocycles. The van der Waals surface area contributed by atoms with Crippen LogP contribution in [0.3, 0.4) is 0 Å². The molecule has 4 rings (SSSR count). The number of rotatable bonds is 14. The number of ether oxygens (including phenoxy) is 6. The summed E-state index contributed by atoms with van der Waals surface area (Å²) in [5.41, 5.74) is -5.91. The number of cyclic esters (lactones) is 1. The molecular formula is C47H84N4O14S. The summed E-state index contributed by atoms with van der Waals surface area (Å²) in [7, 11) is 0.141. The maximum Gasteiger partial charge on any atom is 0.311 e. The molecule has 3 aliphatic rings. The molecule has 18 atom stereocenters. The number of esters is 1. The number of hydrogen-bond acceptors (Lipinski definition) is 16. The second-order valence-electron chi connectivity index (χ2n) is 20.1. The van der Waals surface area contributed by atoms with E-state index in [0.717, 1.165) is 15.0 Å². The van der Waals surface area contributed by atoms with Gasteiger partial charge in [-0.2, -0.15) is 12.7 Å². The molecule has 0 radical (unpaired) electrons. The molecule has 1 aromatic carbocycles. The van der Waals surface area contributed by atoms with Crippen LogP contribution in [0.4, 0.5) is 5.69 Å². The van der Waals surface area contributed by atoms with Crippen molar-refractivity contribution in [2.45, 2.75) is 198 Å². The fraction of sp³-hybridized carbons (Fsp3) is 0.851. The fourth-order valence-corrected chi connectivity index (χ4v) is 11.5. The van der Waals surface area contributed by atoms with E-state index in [1.807, 2.05) is 13.8 Å². The highest BCUT2D eigenvalue weighted by atomic mass is 32.2. The predicted octanol–water partition coefficient (Wildman–Crippen LogP) is 2.68. The first-order valence-corrected chi connectivity index (χ1v) is 25.1. The number of methoxy groups -OCH3 is 1. The van der Waals surface area contributed by atoms with Gasteiger partial charge in [-0.15, -0.1) is 0 Å². The fourth-order valence-electron chi connectivity index (χ4n) is 10.2. The van der Waals surface area contributed by atoms with Gasteiger partial charge in [-0.1, -0.05) is 45.9 Å². The number of hydrogen-bond donors (Lipinski definition) is 7. The van der Waals surface area contributed by atoms with E-state index in [0.29, 0.717) is 12.2 Å². The SMILES string of the molecule is CCCNC[C@]1(O)[C@H](C)O[C@@H](OC2C(C)C(=O)OC(CC)C(C)(O)C(O)C(C)NCC(C)CC(C)(O)C(O[C@@H]3O[C@H](C)C[C@H](N(C)S(=O)(=O)N(C)c4ccccc4)[C@H]3O)C2C)C[C@@]1(C)OC. The third-order valence-corrected chi connectivity index (χ3v) is 16.6. The summed E-state index contributed by atoms with van der Waals surface area (Å²) in [6.07, 6.45) is -9.30. The molecule has 0 spiro atoms. The summed E-state index contributed by atoms with van der Waals surface area (Å²) in [5.74, 6) is -3.13. The molecule has 0 saturated carbocycles. The van der Waals surface area contributed by atoms with Crippen molar-refractivity contribution in [2.75, 3.05) is 45.1 Å². The van der Waals surface area contributed by atoms with Gasteiger partial charge in [0, 0.05) is 46.1 Å². The summed E-state index contributed by atoms with van der Waals surface area (Å²) >= 11 is 0. The van der Waals surface area contributed by atoms with Crippen molar-refractivity contribution in [3.63, 3.8) is 0 Å². The van der Waals surface area contributed by atoms with Gasteiger partial charge in [0.2, 0.25) is 0 Å². The third-order valence-electron chi connectivity index (χ3n) is 14.6. The molecule has 3 heterocycles. The first kappa shape index (κ1) is 56.5. The molecule has 7 N–H and O–H groups in total. The Morgan fingerprint density at radius 1 is 0.939 bits per heavy atom. The molecule has 0 aromatic heterocycles. The molecule has 0 amide bonds. The van der Waals surface area contributed by atoms with Crippen molar-refractivity contribution in [3.05, 3.63) is 30.3 Å². The molecular weight excluding hydrogens is 877 g/mol. The van der Waals surface area contributed by atoms with Crippen molar-refractivity contribution < 1.29 is 67.2 Å². The number of benzene rings is 1. The monoisotopic (exact) mass is 961 g/mol. The number of anilines is 1. The van der Waals surface area contributed by atoms with E-state index in [-0.39, 0.29) is 44.7 Å². The van der Waals surface area contributed by atoms with Crippen molar-refractivity contribution in [1.29, 1.82) is 0 Å². The van der Waals surface area contributed by atoms with Gasteiger partial charge >= 0.3 is 16.2 Å². The zero-order valence-corrected chi connectivity index (χ0v) is 42.7. The van der Waals surface area contributed by atoms with Gasteiger partial charge in [0.15, 0.2) is 12.6 Å². The average molecular weight is 961 g/mol. The molecule has 3 aliphatic heterocycles. The Balaban J connectivity index is 1.82. The first-order chi connectivity index (χ1) is 30.6. The minimum Gasteiger partial charge on any atom is -0.459 e. The van der Waals surface area contributed by atoms with E-state index in [1.165, 1.54) is 28.1 Å². The maximum absolute atomic E-state index is 14.5. The Kier molecular flexibility index (Phi) is 19.5. The highest BCUT2D eigenvalue weighted by molar-refractivity contribution is 7.90. The van der Waals surface area contributed by atoms with Gasteiger partial charge < -0.3 is 64.6 Å². The Labute approximate surface area is 394 Å². The normalized spacial score (nSPS) is 42.6. The number of carbonyl (C=O) groups is 1. The molecule has 382 valence electrons. The standard InChI is InChI=1S/C47H84N4O14S/c1-15-22-48-27-47(57)33(8)62-37(25-45(47,10)60-14)64-39-30(5)41(44(9,55)24-28(3)26-49-32(7)40(53)46(11,56)36(16-2)63-42(54)31(39)6)65-43-38(52)35(23-29(4)61-43)51(13)66(58,59)50(12)34-20-18-17-19-21-34/h17-21,28-33,35-41,43,48-49,52-53,55-57H,15-16,22-27H2,1-14H3/t28?,29-,30?,31?,32?,33+,35+,36?,37+,38-,39?,40?,41?,43+,44?,45-,46?,47+/m1/s1. The predicted molar refractivity (Wildman–Crippen MR) is 249 cm³/mol. The summed E-state index contributed by atoms with van der Waals surface area (Å²) in [6.45, 7) is 20.1. The van der Waals surface area contributed by atoms with E-state index < -0.39 is 118 Å². The highest BCUT2D eigenvalue weighted by Gasteiger charge is 2.58. The van der Waals surface area contributed by atoms with Crippen molar-refractivity contribution in [1.82, 2.24) is 14.9 Å². The zero-order chi connectivity index (χ0) is 49.7. The molecule has 3 fully saturated rings. The molecule has 0 bridgehead atoms. The van der Waals surface area contributed by atoms with Gasteiger partial charge in [0.1, 0.15) is 35.1 Å². The van der Waals surface area contributed by atoms with Crippen molar-refractivity contribution in [3.8, 4) is 0 Å². The van der Waals surface area contributed by atoms with Crippen LogP contribution in [0.2, 0.25) is 0 Å². The van der Waals surface area contributed by atoms with Crippen LogP contribution >= 0.6 is 0 Å². The second-order valence-corrected chi connectivity index (χ2v) is 22.1. The van der Waals surface area contributed by atoms with Crippen LogP contribution in [-0.4, -0.2) is 175 Å². The number of aliphatic hydroxyl groups excluding tert-OH is 2. The van der Waals surface area contributed by atoms with Gasteiger partial charge in [-0.05, 0) is 105 Å². The average Bonchev–Trinajstić information content (AvgIpc) is 3.26. The molecule has 66 heavy (non-hydrogen) atoms. The maximum atomic E-state index is 14.5. The summed E-state index contributed by atoms with van der Waals surface area (Å²) in [5, 5.41) is 66.8. The van der Waals surface area contributed by atoms with E-state index in [9.17, 15) is 38.7 Å². The topological polar surface area (TPSA) is 238 Å². The van der Waals surface area contributed by atoms with Crippen molar-refractivity contribution in [2.24, 2.45) is 17.8 Å². The lowest BCUT2D eigenvalue weighted by molar-refractivity contribution is -0.336. The van der Waals surface area contributed by atoms with Crippen LogP contribution in [0.1, 0.15) is 108 Å².